The molecule has 0 saturated carbocycles. The summed E-state index contributed by atoms with van der Waals surface area (Å²) in [5, 5.41) is 28.2. The Kier molecular flexibility index (Phi) is 7.44. The van der Waals surface area contributed by atoms with Crippen molar-refractivity contribution in [3.8, 4) is 29.0 Å². The molecule has 0 unspecified atom stereocenters. The number of alkyl halides is 2. The summed E-state index contributed by atoms with van der Waals surface area (Å²) < 4.78 is 41.9. The van der Waals surface area contributed by atoms with Crippen LogP contribution < -0.4 is 11.2 Å². The van der Waals surface area contributed by atoms with E-state index in [1.165, 1.54) is 18.3 Å². The van der Waals surface area contributed by atoms with Crippen molar-refractivity contribution in [2.45, 2.75) is 38.3 Å². The third-order valence-electron chi connectivity index (χ3n) is 5.34. The second-order valence-electron chi connectivity index (χ2n) is 7.82. The molecule has 1 atom stereocenters. The molecular weight excluding hydrogens is 487 g/mol. The lowest BCUT2D eigenvalue weighted by Crippen LogP contribution is -2.42. The molecule has 180 valence electrons. The predicted molar refractivity (Wildman–Crippen MR) is 120 cm³/mol. The van der Waals surface area contributed by atoms with Crippen LogP contribution >= 0.6 is 11.6 Å². The molecule has 0 spiro atoms. The van der Waals surface area contributed by atoms with Gasteiger partial charge in [-0.1, -0.05) is 17.7 Å². The van der Waals surface area contributed by atoms with Crippen molar-refractivity contribution in [2.24, 2.45) is 0 Å². The van der Waals surface area contributed by atoms with Crippen molar-refractivity contribution < 1.29 is 18.3 Å². The monoisotopic (exact) mass is 503 g/mol. The molecule has 12 heteroatoms. The molecule has 0 aliphatic carbocycles. The molecule has 35 heavy (non-hydrogen) atoms. The van der Waals surface area contributed by atoms with E-state index in [4.69, 9.17) is 11.6 Å². The zero-order chi connectivity index (χ0) is 25.9. The molecule has 0 radical (unpaired) electrons. The van der Waals surface area contributed by atoms with Gasteiger partial charge in [0.2, 0.25) is 0 Å². The number of aliphatic hydroxyl groups is 1. The average molecular weight is 504 g/mol. The SMILES string of the molecule is C[C@](O)(CCc1c(-c2ccc(F)c(Cl)c2)c(=O)n(-c2cncc(C#N)c2)c(=O)n1CC#N)C(F)F. The van der Waals surface area contributed by atoms with Crippen LogP contribution in [-0.4, -0.2) is 31.3 Å². The normalized spacial score (nSPS) is 12.7. The van der Waals surface area contributed by atoms with Crippen molar-refractivity contribution >= 4 is 11.6 Å². The molecule has 0 aliphatic heterocycles. The topological polar surface area (TPSA) is 125 Å². The first kappa shape index (κ1) is 25.7. The van der Waals surface area contributed by atoms with Gasteiger partial charge in [0.25, 0.3) is 12.0 Å². The van der Waals surface area contributed by atoms with Gasteiger partial charge in [-0.15, -0.1) is 0 Å². The highest BCUT2D eigenvalue weighted by Crippen LogP contribution is 2.28. The molecule has 0 aliphatic rings. The summed E-state index contributed by atoms with van der Waals surface area (Å²) in [4.78, 5) is 30.8. The summed E-state index contributed by atoms with van der Waals surface area (Å²) >= 11 is 5.90. The standard InChI is InChI=1S/C23H17ClF3N5O3/c1-23(35,21(26)27)5-4-18-19(14-2-3-17(25)16(24)9-14)20(33)32(22(34)31(18)7-6-28)15-8-13(10-29)11-30-12-15/h2-3,8-9,11-12,21,35H,4-5,7H2,1H3/t23-/m0/s1. The van der Waals surface area contributed by atoms with Gasteiger partial charge in [0.15, 0.2) is 0 Å². The first-order valence-corrected chi connectivity index (χ1v) is 10.5. The Morgan fingerprint density at radius 3 is 2.54 bits per heavy atom. The van der Waals surface area contributed by atoms with E-state index in [1.54, 1.807) is 6.07 Å². The predicted octanol–water partition coefficient (Wildman–Crippen LogP) is 3.20. The van der Waals surface area contributed by atoms with Gasteiger partial charge in [0.1, 0.15) is 24.0 Å². The number of pyridine rings is 1. The Labute approximate surface area is 201 Å². The van der Waals surface area contributed by atoms with Gasteiger partial charge in [0.05, 0.1) is 34.1 Å². The lowest BCUT2D eigenvalue weighted by molar-refractivity contribution is -0.0875. The second-order valence-corrected chi connectivity index (χ2v) is 8.23. The summed E-state index contributed by atoms with van der Waals surface area (Å²) in [6, 6.07) is 8.17. The van der Waals surface area contributed by atoms with E-state index < -0.39 is 48.5 Å². The summed E-state index contributed by atoms with van der Waals surface area (Å²) in [5.41, 5.74) is -4.69. The van der Waals surface area contributed by atoms with Crippen LogP contribution in [0.4, 0.5) is 13.2 Å². The minimum Gasteiger partial charge on any atom is -0.384 e. The molecule has 2 heterocycles. The minimum absolute atomic E-state index is 0.0454. The molecule has 1 N–H and O–H groups in total. The van der Waals surface area contributed by atoms with E-state index in [9.17, 15) is 38.4 Å². The highest BCUT2D eigenvalue weighted by atomic mass is 35.5. The van der Waals surface area contributed by atoms with Crippen molar-refractivity contribution in [3.05, 3.63) is 79.6 Å². The summed E-state index contributed by atoms with van der Waals surface area (Å²) in [7, 11) is 0. The zero-order valence-corrected chi connectivity index (χ0v) is 18.9. The van der Waals surface area contributed by atoms with Crippen LogP contribution in [0.25, 0.3) is 16.8 Å². The molecular formula is C23H17ClF3N5O3. The number of hydrogen-bond acceptors (Lipinski definition) is 6. The summed E-state index contributed by atoms with van der Waals surface area (Å²) in [5.74, 6) is -0.783. The van der Waals surface area contributed by atoms with Gasteiger partial charge in [-0.3, -0.25) is 14.3 Å². The van der Waals surface area contributed by atoms with Crippen LogP contribution in [-0.2, 0) is 13.0 Å². The van der Waals surface area contributed by atoms with Gasteiger partial charge in [-0.2, -0.15) is 10.5 Å². The van der Waals surface area contributed by atoms with Crippen molar-refractivity contribution in [1.29, 1.82) is 10.5 Å². The van der Waals surface area contributed by atoms with Crippen LogP contribution in [0, 0.1) is 28.5 Å². The smallest absolute Gasteiger partial charge is 0.336 e. The van der Waals surface area contributed by atoms with Crippen LogP contribution in [0.5, 0.6) is 0 Å². The summed E-state index contributed by atoms with van der Waals surface area (Å²) in [6.45, 7) is 0.331. The highest BCUT2D eigenvalue weighted by molar-refractivity contribution is 6.31. The van der Waals surface area contributed by atoms with Crippen molar-refractivity contribution in [1.82, 2.24) is 14.1 Å². The van der Waals surface area contributed by atoms with E-state index >= 15 is 0 Å². The maximum absolute atomic E-state index is 13.8. The highest BCUT2D eigenvalue weighted by Gasteiger charge is 2.33. The largest absolute Gasteiger partial charge is 0.384 e. The van der Waals surface area contributed by atoms with E-state index in [2.05, 4.69) is 4.98 Å². The van der Waals surface area contributed by atoms with Crippen LogP contribution in [0.3, 0.4) is 0 Å². The maximum atomic E-state index is 13.8. The molecule has 0 fully saturated rings. The average Bonchev–Trinajstić information content (AvgIpc) is 2.82. The third-order valence-corrected chi connectivity index (χ3v) is 5.63. The Hall–Kier alpha value is -3.93. The fraction of sp³-hybridized carbons (Fsp3) is 0.261. The van der Waals surface area contributed by atoms with E-state index in [-0.39, 0.29) is 33.1 Å². The Balaban J connectivity index is 2.42. The number of hydrogen-bond donors (Lipinski definition) is 1. The Morgan fingerprint density at radius 1 is 1.23 bits per heavy atom. The van der Waals surface area contributed by atoms with Gasteiger partial charge >= 0.3 is 5.69 Å². The third kappa shape index (κ3) is 5.11. The first-order valence-electron chi connectivity index (χ1n) is 10.1. The van der Waals surface area contributed by atoms with Gasteiger partial charge in [0, 0.05) is 11.9 Å². The number of rotatable bonds is 7. The van der Waals surface area contributed by atoms with Gasteiger partial charge in [-0.05, 0) is 43.5 Å². The Morgan fingerprint density at radius 2 is 1.94 bits per heavy atom. The maximum Gasteiger partial charge on any atom is 0.336 e. The molecule has 8 nitrogen and oxygen atoms in total. The molecule has 0 saturated heterocycles. The molecule has 0 bridgehead atoms. The fourth-order valence-corrected chi connectivity index (χ4v) is 3.63. The fourth-order valence-electron chi connectivity index (χ4n) is 3.45. The van der Waals surface area contributed by atoms with Crippen molar-refractivity contribution in [2.75, 3.05) is 0 Å². The number of halogens is 4. The summed E-state index contributed by atoms with van der Waals surface area (Å²) in [6.07, 6.45) is -1.72. The zero-order valence-electron chi connectivity index (χ0n) is 18.2. The van der Waals surface area contributed by atoms with Crippen LogP contribution in [0.15, 0.2) is 46.2 Å². The van der Waals surface area contributed by atoms with E-state index in [1.807, 2.05) is 6.07 Å². The number of nitriles is 2. The molecule has 2 aromatic heterocycles. The van der Waals surface area contributed by atoms with Crippen LogP contribution in [0.2, 0.25) is 5.02 Å². The van der Waals surface area contributed by atoms with Crippen molar-refractivity contribution in [3.63, 3.8) is 0 Å². The lowest BCUT2D eigenvalue weighted by atomic mass is 9.95. The van der Waals surface area contributed by atoms with E-state index in [0.29, 0.717) is 4.57 Å². The first-order chi connectivity index (χ1) is 16.5. The number of benzene rings is 1. The molecule has 3 aromatic rings. The van der Waals surface area contributed by atoms with Gasteiger partial charge < -0.3 is 5.11 Å². The molecule has 3 rings (SSSR count). The second kappa shape index (κ2) is 10.1. The van der Waals surface area contributed by atoms with Gasteiger partial charge in [-0.25, -0.2) is 22.5 Å². The van der Waals surface area contributed by atoms with E-state index in [0.717, 1.165) is 29.8 Å². The molecule has 0 amide bonds. The minimum atomic E-state index is -3.12. The number of nitrogens with zero attached hydrogens (tertiary/aromatic N) is 5. The number of aromatic nitrogens is 3. The Bertz CT molecular complexity index is 1490. The van der Waals surface area contributed by atoms with Crippen LogP contribution in [0.1, 0.15) is 24.6 Å². The quantitative estimate of drug-likeness (QED) is 0.528. The lowest BCUT2D eigenvalue weighted by Gasteiger charge is -2.24. The molecule has 1 aromatic carbocycles.